The molecule has 1 aliphatic rings. The number of hydrogen-bond donors (Lipinski definition) is 1. The number of pyridine rings is 1. The summed E-state index contributed by atoms with van der Waals surface area (Å²) in [6.45, 7) is 0.434. The number of Topliss-reactive ketones (excluding diaryl/α,β-unsaturated/α-hetero) is 1. The van der Waals surface area contributed by atoms with Gasteiger partial charge in [0.25, 0.3) is 0 Å². The molecule has 1 aromatic carbocycles. The third-order valence-electron chi connectivity index (χ3n) is 3.06. The van der Waals surface area contributed by atoms with Gasteiger partial charge in [0.05, 0.1) is 12.1 Å². The van der Waals surface area contributed by atoms with Crippen LogP contribution in [0.4, 0.5) is 0 Å². The Morgan fingerprint density at radius 1 is 1.35 bits per heavy atom. The predicted octanol–water partition coefficient (Wildman–Crippen LogP) is 2.17. The van der Waals surface area contributed by atoms with Gasteiger partial charge in [-0.3, -0.25) is 9.78 Å². The molecule has 0 spiro atoms. The highest BCUT2D eigenvalue weighted by Gasteiger charge is 2.21. The second-order valence-corrected chi connectivity index (χ2v) is 4.49. The minimum absolute atomic E-state index is 0.143. The summed E-state index contributed by atoms with van der Waals surface area (Å²) in [4.78, 5) is 16.2. The maximum atomic E-state index is 11.9. The number of nitrogens with one attached hydrogen (secondary N) is 1. The van der Waals surface area contributed by atoms with Crippen molar-refractivity contribution in [2.75, 3.05) is 6.54 Å². The molecule has 86 valence electrons. The summed E-state index contributed by atoms with van der Waals surface area (Å²) in [7, 11) is 0. The summed E-state index contributed by atoms with van der Waals surface area (Å²) in [6, 6.07) is 10.2. The van der Waals surface area contributed by atoms with Crippen molar-refractivity contribution >= 4 is 16.7 Å². The Labute approximate surface area is 99.9 Å². The lowest BCUT2D eigenvalue weighted by atomic mass is 10.1. The standard InChI is InChI=1S/C14H14N2O/c17-14(9-16-12-5-6-12)11-4-3-10-2-1-7-15-13(10)8-11/h1-4,7-8,12,16H,5-6,9H2. The van der Waals surface area contributed by atoms with E-state index in [0.717, 1.165) is 16.5 Å². The van der Waals surface area contributed by atoms with Crippen LogP contribution in [-0.2, 0) is 0 Å². The van der Waals surface area contributed by atoms with Crippen LogP contribution >= 0.6 is 0 Å². The number of hydrogen-bond acceptors (Lipinski definition) is 3. The third-order valence-corrected chi connectivity index (χ3v) is 3.06. The van der Waals surface area contributed by atoms with Crippen molar-refractivity contribution in [3.63, 3.8) is 0 Å². The van der Waals surface area contributed by atoms with Crippen molar-refractivity contribution in [2.24, 2.45) is 0 Å². The number of fused-ring (bicyclic) bond motifs is 1. The van der Waals surface area contributed by atoms with Crippen LogP contribution in [-0.4, -0.2) is 23.4 Å². The maximum absolute atomic E-state index is 11.9. The van der Waals surface area contributed by atoms with E-state index in [1.54, 1.807) is 6.20 Å². The molecule has 1 aliphatic carbocycles. The second kappa shape index (κ2) is 4.26. The van der Waals surface area contributed by atoms with Crippen LogP contribution in [0.5, 0.6) is 0 Å². The molecule has 1 aromatic heterocycles. The minimum Gasteiger partial charge on any atom is -0.307 e. The zero-order valence-electron chi connectivity index (χ0n) is 9.52. The Morgan fingerprint density at radius 3 is 3.06 bits per heavy atom. The molecule has 0 bridgehead atoms. The average molecular weight is 226 g/mol. The first kappa shape index (κ1) is 10.4. The lowest BCUT2D eigenvalue weighted by molar-refractivity contribution is 0.0990. The fourth-order valence-electron chi connectivity index (χ4n) is 1.87. The summed E-state index contributed by atoms with van der Waals surface area (Å²) < 4.78 is 0. The quantitative estimate of drug-likeness (QED) is 0.812. The first-order valence-electron chi connectivity index (χ1n) is 5.94. The average Bonchev–Trinajstić information content (AvgIpc) is 3.19. The number of carbonyl (C=O) groups excluding carboxylic acids is 1. The van der Waals surface area contributed by atoms with E-state index in [1.165, 1.54) is 12.8 Å². The van der Waals surface area contributed by atoms with Gasteiger partial charge < -0.3 is 5.32 Å². The van der Waals surface area contributed by atoms with Crippen molar-refractivity contribution in [1.29, 1.82) is 0 Å². The van der Waals surface area contributed by atoms with Crippen LogP contribution in [0.1, 0.15) is 23.2 Å². The molecule has 3 heteroatoms. The van der Waals surface area contributed by atoms with E-state index in [-0.39, 0.29) is 5.78 Å². The fraction of sp³-hybridized carbons (Fsp3) is 0.286. The highest BCUT2D eigenvalue weighted by atomic mass is 16.1. The second-order valence-electron chi connectivity index (χ2n) is 4.49. The first-order chi connectivity index (χ1) is 8.33. The van der Waals surface area contributed by atoms with Gasteiger partial charge in [-0.15, -0.1) is 0 Å². The highest BCUT2D eigenvalue weighted by Crippen LogP contribution is 2.19. The molecule has 0 amide bonds. The third kappa shape index (κ3) is 2.34. The zero-order chi connectivity index (χ0) is 11.7. The molecule has 1 fully saturated rings. The van der Waals surface area contributed by atoms with Crippen molar-refractivity contribution in [2.45, 2.75) is 18.9 Å². The number of aromatic nitrogens is 1. The summed E-state index contributed by atoms with van der Waals surface area (Å²) in [5.41, 5.74) is 1.62. The van der Waals surface area contributed by atoms with Gasteiger partial charge in [-0.1, -0.05) is 18.2 Å². The predicted molar refractivity (Wildman–Crippen MR) is 67.1 cm³/mol. The monoisotopic (exact) mass is 226 g/mol. The van der Waals surface area contributed by atoms with Gasteiger partial charge in [0, 0.05) is 23.2 Å². The molecule has 2 aromatic rings. The van der Waals surface area contributed by atoms with Gasteiger partial charge in [-0.25, -0.2) is 0 Å². The Morgan fingerprint density at radius 2 is 2.24 bits per heavy atom. The highest BCUT2D eigenvalue weighted by molar-refractivity contribution is 6.00. The van der Waals surface area contributed by atoms with Crippen molar-refractivity contribution < 1.29 is 4.79 Å². The molecule has 3 rings (SSSR count). The van der Waals surface area contributed by atoms with Crippen LogP contribution in [0.15, 0.2) is 36.5 Å². The molecule has 1 N–H and O–H groups in total. The molecule has 0 aliphatic heterocycles. The molecule has 0 saturated heterocycles. The largest absolute Gasteiger partial charge is 0.307 e. The van der Waals surface area contributed by atoms with Crippen molar-refractivity contribution in [3.05, 3.63) is 42.1 Å². The van der Waals surface area contributed by atoms with Crippen LogP contribution in [0.2, 0.25) is 0 Å². The molecule has 0 radical (unpaired) electrons. The van der Waals surface area contributed by atoms with Crippen LogP contribution in [0.3, 0.4) is 0 Å². The summed E-state index contributed by atoms with van der Waals surface area (Å²) in [5, 5.41) is 4.30. The summed E-state index contributed by atoms with van der Waals surface area (Å²) in [6.07, 6.45) is 4.15. The molecular weight excluding hydrogens is 212 g/mol. The maximum Gasteiger partial charge on any atom is 0.176 e. The van der Waals surface area contributed by atoms with E-state index in [1.807, 2.05) is 30.3 Å². The van der Waals surface area contributed by atoms with Gasteiger partial charge in [-0.2, -0.15) is 0 Å². The van der Waals surface area contributed by atoms with E-state index in [2.05, 4.69) is 10.3 Å². The van der Waals surface area contributed by atoms with Gasteiger partial charge in [-0.05, 0) is 25.0 Å². The zero-order valence-corrected chi connectivity index (χ0v) is 9.52. The van der Waals surface area contributed by atoms with Gasteiger partial charge in [0.2, 0.25) is 0 Å². The van der Waals surface area contributed by atoms with E-state index >= 15 is 0 Å². The Hall–Kier alpha value is -1.74. The van der Waals surface area contributed by atoms with E-state index in [0.29, 0.717) is 12.6 Å². The Kier molecular flexibility index (Phi) is 2.61. The first-order valence-corrected chi connectivity index (χ1v) is 5.94. The minimum atomic E-state index is 0.143. The number of benzene rings is 1. The lowest BCUT2D eigenvalue weighted by Gasteiger charge is -2.03. The topological polar surface area (TPSA) is 42.0 Å². The molecule has 1 heterocycles. The molecule has 17 heavy (non-hydrogen) atoms. The molecule has 0 unspecified atom stereocenters. The van der Waals surface area contributed by atoms with Gasteiger partial charge in [0.15, 0.2) is 5.78 Å². The van der Waals surface area contributed by atoms with E-state index in [4.69, 9.17) is 0 Å². The SMILES string of the molecule is O=C(CNC1CC1)c1ccc2cccnc2c1. The van der Waals surface area contributed by atoms with Gasteiger partial charge in [0.1, 0.15) is 0 Å². The van der Waals surface area contributed by atoms with E-state index < -0.39 is 0 Å². The van der Waals surface area contributed by atoms with Gasteiger partial charge >= 0.3 is 0 Å². The number of ketones is 1. The van der Waals surface area contributed by atoms with Crippen LogP contribution < -0.4 is 5.32 Å². The molecule has 0 atom stereocenters. The number of rotatable bonds is 4. The van der Waals surface area contributed by atoms with Crippen molar-refractivity contribution in [1.82, 2.24) is 10.3 Å². The summed E-state index contributed by atoms with van der Waals surface area (Å²) in [5.74, 6) is 0.143. The Balaban J connectivity index is 1.81. The van der Waals surface area contributed by atoms with Crippen LogP contribution in [0.25, 0.3) is 10.9 Å². The van der Waals surface area contributed by atoms with E-state index in [9.17, 15) is 4.79 Å². The summed E-state index contributed by atoms with van der Waals surface area (Å²) >= 11 is 0. The smallest absolute Gasteiger partial charge is 0.176 e. The lowest BCUT2D eigenvalue weighted by Crippen LogP contribution is -2.24. The van der Waals surface area contributed by atoms with Crippen molar-refractivity contribution in [3.8, 4) is 0 Å². The molecule has 3 nitrogen and oxygen atoms in total. The number of nitrogens with zero attached hydrogens (tertiary/aromatic N) is 1. The number of carbonyl (C=O) groups is 1. The molecule has 1 saturated carbocycles. The van der Waals surface area contributed by atoms with Crippen LogP contribution in [0, 0.1) is 0 Å². The fourth-order valence-corrected chi connectivity index (χ4v) is 1.87. The Bertz CT molecular complexity index is 561. The molecular formula is C14H14N2O. The normalized spacial score (nSPS) is 15.1.